The van der Waals surface area contributed by atoms with E-state index in [2.05, 4.69) is 4.90 Å². The van der Waals surface area contributed by atoms with Gasteiger partial charge in [-0.25, -0.2) is 13.2 Å². The molecule has 0 spiro atoms. The highest BCUT2D eigenvalue weighted by molar-refractivity contribution is 7.89. The van der Waals surface area contributed by atoms with Crippen LogP contribution in [0.5, 0.6) is 0 Å². The zero-order chi connectivity index (χ0) is 17.9. The van der Waals surface area contributed by atoms with Crippen LogP contribution >= 0.6 is 0 Å². The van der Waals surface area contributed by atoms with Crippen molar-refractivity contribution >= 4 is 16.0 Å². The summed E-state index contributed by atoms with van der Waals surface area (Å²) in [6, 6.07) is 5.61. The topological polar surface area (TPSA) is 87.2 Å². The lowest BCUT2D eigenvalue weighted by atomic mass is 10.1. The van der Waals surface area contributed by atoms with Gasteiger partial charge in [0.25, 0.3) is 0 Å². The van der Waals surface area contributed by atoms with Gasteiger partial charge in [0, 0.05) is 38.8 Å². The molecule has 2 atom stereocenters. The SMILES string of the molecule is COCCN1C(C)CN(S(=O)(=O)c2cccc(C(=O)O)c2)CC1C. The van der Waals surface area contributed by atoms with Crippen molar-refractivity contribution in [3.63, 3.8) is 0 Å². The van der Waals surface area contributed by atoms with Gasteiger partial charge in [-0.1, -0.05) is 6.07 Å². The molecule has 2 rings (SSSR count). The summed E-state index contributed by atoms with van der Waals surface area (Å²) in [5.41, 5.74) is -0.0316. The van der Waals surface area contributed by atoms with Crippen molar-refractivity contribution in [2.75, 3.05) is 33.4 Å². The highest BCUT2D eigenvalue weighted by Crippen LogP contribution is 2.23. The second-order valence-corrected chi connectivity index (χ2v) is 8.02. The minimum atomic E-state index is -3.72. The molecule has 7 nitrogen and oxygen atoms in total. The van der Waals surface area contributed by atoms with Crippen LogP contribution in [-0.4, -0.2) is 74.1 Å². The fourth-order valence-corrected chi connectivity index (χ4v) is 4.73. The van der Waals surface area contributed by atoms with Gasteiger partial charge in [0.1, 0.15) is 0 Å². The average molecular weight is 356 g/mol. The number of nitrogens with zero attached hydrogens (tertiary/aromatic N) is 2. The Hall–Kier alpha value is -1.48. The normalized spacial score (nSPS) is 23.3. The first-order valence-corrected chi connectivity index (χ1v) is 9.29. The molecule has 0 radical (unpaired) electrons. The third-order valence-electron chi connectivity index (χ3n) is 4.34. The molecule has 1 aliphatic heterocycles. The third kappa shape index (κ3) is 3.94. The zero-order valence-corrected chi connectivity index (χ0v) is 15.0. The molecule has 1 aromatic carbocycles. The molecule has 1 saturated heterocycles. The molecule has 0 saturated carbocycles. The van der Waals surface area contributed by atoms with Crippen LogP contribution in [-0.2, 0) is 14.8 Å². The average Bonchev–Trinajstić information content (AvgIpc) is 2.54. The van der Waals surface area contributed by atoms with E-state index in [1.165, 1.54) is 28.6 Å². The van der Waals surface area contributed by atoms with Crippen molar-refractivity contribution in [2.45, 2.75) is 30.8 Å². The van der Waals surface area contributed by atoms with E-state index in [4.69, 9.17) is 9.84 Å². The number of piperazine rings is 1. The molecule has 134 valence electrons. The first-order valence-electron chi connectivity index (χ1n) is 7.85. The largest absolute Gasteiger partial charge is 0.478 e. The van der Waals surface area contributed by atoms with Crippen molar-refractivity contribution in [3.05, 3.63) is 29.8 Å². The summed E-state index contributed by atoms with van der Waals surface area (Å²) < 4.78 is 32.3. The van der Waals surface area contributed by atoms with Gasteiger partial charge >= 0.3 is 5.97 Å². The van der Waals surface area contributed by atoms with Crippen LogP contribution in [0.15, 0.2) is 29.2 Å². The molecular formula is C16H24N2O5S. The summed E-state index contributed by atoms with van der Waals surface area (Å²) >= 11 is 0. The van der Waals surface area contributed by atoms with Crippen LogP contribution in [0, 0.1) is 0 Å². The Labute approximate surface area is 142 Å². The summed E-state index contributed by atoms with van der Waals surface area (Å²) in [7, 11) is -2.07. The second-order valence-electron chi connectivity index (χ2n) is 6.08. The van der Waals surface area contributed by atoms with Crippen molar-refractivity contribution < 1.29 is 23.1 Å². The molecule has 1 aliphatic rings. The van der Waals surface area contributed by atoms with E-state index in [9.17, 15) is 13.2 Å². The lowest BCUT2D eigenvalue weighted by Crippen LogP contribution is -2.58. The predicted octanol–water partition coefficient (Wildman–Crippen LogP) is 1.11. The first kappa shape index (κ1) is 18.9. The number of aromatic carboxylic acids is 1. The number of carbonyl (C=O) groups is 1. The van der Waals surface area contributed by atoms with Crippen LogP contribution < -0.4 is 0 Å². The molecule has 1 aromatic rings. The quantitative estimate of drug-likeness (QED) is 0.822. The monoisotopic (exact) mass is 356 g/mol. The standard InChI is InChI=1S/C16H24N2O5S/c1-12-10-17(11-13(2)18(12)7-8-23-3)24(21,22)15-6-4-5-14(9-15)16(19)20/h4-6,9,12-13H,7-8,10-11H2,1-3H3,(H,19,20). The summed E-state index contributed by atoms with van der Waals surface area (Å²) in [5, 5.41) is 9.06. The van der Waals surface area contributed by atoms with Gasteiger partial charge in [0.05, 0.1) is 17.1 Å². The van der Waals surface area contributed by atoms with Crippen molar-refractivity contribution in [3.8, 4) is 0 Å². The van der Waals surface area contributed by atoms with E-state index in [0.717, 1.165) is 6.54 Å². The Morgan fingerprint density at radius 3 is 2.46 bits per heavy atom. The van der Waals surface area contributed by atoms with Crippen LogP contribution in [0.2, 0.25) is 0 Å². The van der Waals surface area contributed by atoms with Crippen LogP contribution in [0.3, 0.4) is 0 Å². The Morgan fingerprint density at radius 2 is 1.92 bits per heavy atom. The van der Waals surface area contributed by atoms with Gasteiger partial charge in [-0.05, 0) is 32.0 Å². The van der Waals surface area contributed by atoms with E-state index in [0.29, 0.717) is 19.7 Å². The van der Waals surface area contributed by atoms with Gasteiger partial charge in [0.15, 0.2) is 0 Å². The summed E-state index contributed by atoms with van der Waals surface area (Å²) in [4.78, 5) is 13.3. The number of carboxylic acid groups (broad SMARTS) is 1. The van der Waals surface area contributed by atoms with E-state index >= 15 is 0 Å². The van der Waals surface area contributed by atoms with E-state index in [1.54, 1.807) is 7.11 Å². The molecule has 0 bridgehead atoms. The van der Waals surface area contributed by atoms with E-state index < -0.39 is 16.0 Å². The van der Waals surface area contributed by atoms with E-state index in [1.807, 2.05) is 13.8 Å². The molecular weight excluding hydrogens is 332 g/mol. The Balaban J connectivity index is 2.22. The predicted molar refractivity (Wildman–Crippen MR) is 89.7 cm³/mol. The maximum Gasteiger partial charge on any atom is 0.335 e. The number of rotatable bonds is 6. The van der Waals surface area contributed by atoms with Crippen molar-refractivity contribution in [1.29, 1.82) is 0 Å². The van der Waals surface area contributed by atoms with E-state index in [-0.39, 0.29) is 22.5 Å². The molecule has 8 heteroatoms. The van der Waals surface area contributed by atoms with Crippen LogP contribution in [0.4, 0.5) is 0 Å². The third-order valence-corrected chi connectivity index (χ3v) is 6.17. The van der Waals surface area contributed by atoms with Crippen LogP contribution in [0.1, 0.15) is 24.2 Å². The minimum absolute atomic E-state index is 0.0205. The van der Waals surface area contributed by atoms with Gasteiger partial charge in [-0.15, -0.1) is 0 Å². The second kappa shape index (κ2) is 7.60. The smallest absolute Gasteiger partial charge is 0.335 e. The summed E-state index contributed by atoms with van der Waals surface area (Å²) in [5.74, 6) is -1.14. The number of carboxylic acids is 1. The molecule has 0 aliphatic carbocycles. The van der Waals surface area contributed by atoms with Gasteiger partial charge in [-0.2, -0.15) is 4.31 Å². The molecule has 2 unspecified atom stereocenters. The molecule has 1 heterocycles. The lowest BCUT2D eigenvalue weighted by Gasteiger charge is -2.43. The first-order chi connectivity index (χ1) is 11.3. The zero-order valence-electron chi connectivity index (χ0n) is 14.2. The number of sulfonamides is 1. The molecule has 1 N–H and O–H groups in total. The summed E-state index contributed by atoms with van der Waals surface area (Å²) in [6.07, 6.45) is 0. The molecule has 24 heavy (non-hydrogen) atoms. The van der Waals surface area contributed by atoms with Gasteiger partial charge in [-0.3, -0.25) is 4.90 Å². The number of hydrogen-bond donors (Lipinski definition) is 1. The Bertz CT molecular complexity index is 679. The Morgan fingerprint density at radius 1 is 1.29 bits per heavy atom. The number of benzene rings is 1. The van der Waals surface area contributed by atoms with Gasteiger partial charge in [0.2, 0.25) is 10.0 Å². The summed E-state index contributed by atoms with van der Waals surface area (Å²) in [6.45, 7) is 6.06. The molecule has 0 amide bonds. The lowest BCUT2D eigenvalue weighted by molar-refractivity contribution is 0.0495. The number of methoxy groups -OCH3 is 1. The fraction of sp³-hybridized carbons (Fsp3) is 0.562. The fourth-order valence-electron chi connectivity index (χ4n) is 3.08. The Kier molecular flexibility index (Phi) is 5.97. The highest BCUT2D eigenvalue weighted by Gasteiger charge is 2.36. The highest BCUT2D eigenvalue weighted by atomic mass is 32.2. The minimum Gasteiger partial charge on any atom is -0.478 e. The number of ether oxygens (including phenoxy) is 1. The van der Waals surface area contributed by atoms with Gasteiger partial charge < -0.3 is 9.84 Å². The molecule has 1 fully saturated rings. The van der Waals surface area contributed by atoms with Crippen molar-refractivity contribution in [1.82, 2.24) is 9.21 Å². The maximum atomic E-state index is 12.9. The van der Waals surface area contributed by atoms with Crippen LogP contribution in [0.25, 0.3) is 0 Å². The van der Waals surface area contributed by atoms with Crippen molar-refractivity contribution in [2.24, 2.45) is 0 Å². The number of hydrogen-bond acceptors (Lipinski definition) is 5. The maximum absolute atomic E-state index is 12.9. The molecule has 0 aromatic heterocycles.